The first-order chi connectivity index (χ1) is 6.45. The Morgan fingerprint density at radius 2 is 1.21 bits per heavy atom. The summed E-state index contributed by atoms with van der Waals surface area (Å²) >= 11 is 0. The van der Waals surface area contributed by atoms with Crippen LogP contribution in [0.15, 0.2) is 0 Å². The fourth-order valence-electron chi connectivity index (χ4n) is 0.962. The fourth-order valence-corrected chi connectivity index (χ4v) is 0.962. The van der Waals surface area contributed by atoms with Crippen molar-refractivity contribution in [1.29, 1.82) is 0 Å². The molecule has 86 valence electrons. The Balaban J connectivity index is 3.65. The summed E-state index contributed by atoms with van der Waals surface area (Å²) in [5.74, 6) is 0. The normalized spacial score (nSPS) is 20.1. The van der Waals surface area contributed by atoms with Crippen molar-refractivity contribution in [2.24, 2.45) is 5.73 Å². The number of ether oxygens (including phenoxy) is 4. The molecule has 0 aliphatic carbocycles. The molecule has 0 aromatic heterocycles. The van der Waals surface area contributed by atoms with Gasteiger partial charge in [0.15, 0.2) is 18.9 Å². The van der Waals surface area contributed by atoms with Crippen molar-refractivity contribution in [3.63, 3.8) is 0 Å². The van der Waals surface area contributed by atoms with Gasteiger partial charge in [0.25, 0.3) is 0 Å². The van der Waals surface area contributed by atoms with Gasteiger partial charge in [0.2, 0.25) is 0 Å². The Labute approximate surface area is 85.5 Å². The molecule has 0 aliphatic rings. The van der Waals surface area contributed by atoms with Gasteiger partial charge in [-0.05, 0) is 27.7 Å². The van der Waals surface area contributed by atoms with Crippen LogP contribution < -0.4 is 5.73 Å². The number of rotatable bonds is 7. The van der Waals surface area contributed by atoms with E-state index in [1.54, 1.807) is 34.8 Å². The molecule has 2 N–H and O–H groups in total. The minimum atomic E-state index is -0.394. The highest BCUT2D eigenvalue weighted by atomic mass is 16.8. The van der Waals surface area contributed by atoms with Crippen LogP contribution in [0.25, 0.3) is 0 Å². The van der Waals surface area contributed by atoms with E-state index in [1.807, 2.05) is 0 Å². The summed E-state index contributed by atoms with van der Waals surface area (Å²) in [6.45, 7) is 7.07. The maximum Gasteiger partial charge on any atom is 0.161 e. The second-order valence-corrected chi connectivity index (χ2v) is 3.05. The summed E-state index contributed by atoms with van der Waals surface area (Å²) < 4.78 is 20.7. The Morgan fingerprint density at radius 3 is 1.64 bits per heavy atom. The third-order valence-corrected chi connectivity index (χ3v) is 1.50. The van der Waals surface area contributed by atoms with Crippen LogP contribution in [0.4, 0.5) is 0 Å². The maximum atomic E-state index is 5.43. The van der Waals surface area contributed by atoms with Crippen LogP contribution in [-0.2, 0) is 18.9 Å². The molecule has 4 atom stereocenters. The Morgan fingerprint density at radius 1 is 0.786 bits per heavy atom. The first kappa shape index (κ1) is 13.8. The molecule has 0 radical (unpaired) electrons. The monoisotopic (exact) mass is 207 g/mol. The SMILES string of the molecule is COC(C)OC(C)OC(C)OC(C)N. The van der Waals surface area contributed by atoms with Crippen LogP contribution in [0.2, 0.25) is 0 Å². The van der Waals surface area contributed by atoms with Crippen LogP contribution in [0, 0.1) is 0 Å². The maximum absolute atomic E-state index is 5.43. The molecule has 0 spiro atoms. The highest BCUT2D eigenvalue weighted by Gasteiger charge is 2.13. The van der Waals surface area contributed by atoms with Crippen molar-refractivity contribution in [3.8, 4) is 0 Å². The predicted octanol–water partition coefficient (Wildman–Crippen LogP) is 1.03. The minimum absolute atomic E-state index is 0.299. The van der Waals surface area contributed by atoms with Crippen molar-refractivity contribution in [3.05, 3.63) is 0 Å². The smallest absolute Gasteiger partial charge is 0.161 e. The summed E-state index contributed by atoms with van der Waals surface area (Å²) in [6.07, 6.45) is -1.43. The average molecular weight is 207 g/mol. The average Bonchev–Trinajstić information content (AvgIpc) is 2.01. The standard InChI is InChI=1S/C9H21NO4/c1-6(10)12-8(3)14-9(4)13-7(2)11-5/h6-9H,10H2,1-5H3. The van der Waals surface area contributed by atoms with Gasteiger partial charge in [-0.15, -0.1) is 0 Å². The van der Waals surface area contributed by atoms with Crippen LogP contribution in [0.1, 0.15) is 27.7 Å². The third kappa shape index (κ3) is 7.23. The summed E-state index contributed by atoms with van der Waals surface area (Å²) in [7, 11) is 1.57. The van der Waals surface area contributed by atoms with Gasteiger partial charge < -0.3 is 24.7 Å². The first-order valence-corrected chi connectivity index (χ1v) is 4.70. The Kier molecular flexibility index (Phi) is 7.04. The van der Waals surface area contributed by atoms with Gasteiger partial charge in [-0.1, -0.05) is 0 Å². The quantitative estimate of drug-likeness (QED) is 0.632. The summed E-state index contributed by atoms with van der Waals surface area (Å²) in [4.78, 5) is 0. The zero-order valence-corrected chi connectivity index (χ0v) is 9.52. The molecule has 4 unspecified atom stereocenters. The van der Waals surface area contributed by atoms with E-state index in [1.165, 1.54) is 0 Å². The molecule has 0 heterocycles. The number of hydrogen-bond donors (Lipinski definition) is 1. The van der Waals surface area contributed by atoms with Crippen molar-refractivity contribution in [2.75, 3.05) is 7.11 Å². The van der Waals surface area contributed by atoms with Crippen molar-refractivity contribution in [2.45, 2.75) is 52.8 Å². The molecule has 0 rings (SSSR count). The van der Waals surface area contributed by atoms with Gasteiger partial charge in [0, 0.05) is 7.11 Å². The lowest BCUT2D eigenvalue weighted by molar-refractivity contribution is -0.281. The van der Waals surface area contributed by atoms with E-state index < -0.39 is 12.6 Å². The molecule has 5 nitrogen and oxygen atoms in total. The van der Waals surface area contributed by atoms with E-state index in [0.29, 0.717) is 0 Å². The number of nitrogens with two attached hydrogens (primary N) is 1. The predicted molar refractivity (Wildman–Crippen MR) is 52.3 cm³/mol. The molecule has 0 aromatic rings. The summed E-state index contributed by atoms with van der Waals surface area (Å²) in [5.41, 5.74) is 5.43. The van der Waals surface area contributed by atoms with E-state index >= 15 is 0 Å². The molecular weight excluding hydrogens is 186 g/mol. The molecule has 0 saturated carbocycles. The highest BCUT2D eigenvalue weighted by Crippen LogP contribution is 2.05. The molecule has 0 amide bonds. The molecule has 0 bridgehead atoms. The third-order valence-electron chi connectivity index (χ3n) is 1.50. The molecule has 14 heavy (non-hydrogen) atoms. The minimum Gasteiger partial charge on any atom is -0.356 e. The lowest BCUT2D eigenvalue weighted by Gasteiger charge is -2.23. The van der Waals surface area contributed by atoms with Crippen LogP contribution in [-0.4, -0.2) is 32.2 Å². The zero-order chi connectivity index (χ0) is 11.1. The number of methoxy groups -OCH3 is 1. The fraction of sp³-hybridized carbons (Fsp3) is 1.00. The lowest BCUT2D eigenvalue weighted by atomic mass is 10.6. The van der Waals surface area contributed by atoms with E-state index in [9.17, 15) is 0 Å². The molecule has 5 heteroatoms. The van der Waals surface area contributed by atoms with E-state index in [4.69, 9.17) is 24.7 Å². The topological polar surface area (TPSA) is 62.9 Å². The zero-order valence-electron chi connectivity index (χ0n) is 9.52. The second kappa shape index (κ2) is 7.14. The van der Waals surface area contributed by atoms with Gasteiger partial charge >= 0.3 is 0 Å². The first-order valence-electron chi connectivity index (χ1n) is 4.70. The Bertz CT molecular complexity index is 143. The molecule has 0 saturated heterocycles. The second-order valence-electron chi connectivity index (χ2n) is 3.05. The van der Waals surface area contributed by atoms with Crippen LogP contribution >= 0.6 is 0 Å². The molecule has 0 fully saturated rings. The van der Waals surface area contributed by atoms with Crippen molar-refractivity contribution in [1.82, 2.24) is 0 Å². The summed E-state index contributed by atoms with van der Waals surface area (Å²) in [6, 6.07) is 0. The van der Waals surface area contributed by atoms with Gasteiger partial charge in [-0.2, -0.15) is 0 Å². The Hall–Kier alpha value is -0.200. The van der Waals surface area contributed by atoms with E-state index in [0.717, 1.165) is 0 Å². The lowest BCUT2D eigenvalue weighted by Crippen LogP contribution is -2.31. The summed E-state index contributed by atoms with van der Waals surface area (Å²) in [5, 5.41) is 0. The van der Waals surface area contributed by atoms with Gasteiger partial charge in [0.05, 0.1) is 0 Å². The van der Waals surface area contributed by atoms with Gasteiger partial charge in [-0.25, -0.2) is 0 Å². The molecule has 0 aromatic carbocycles. The molecular formula is C9H21NO4. The van der Waals surface area contributed by atoms with Crippen LogP contribution in [0.5, 0.6) is 0 Å². The molecule has 0 aliphatic heterocycles. The van der Waals surface area contributed by atoms with Crippen LogP contribution in [0.3, 0.4) is 0 Å². The largest absolute Gasteiger partial charge is 0.356 e. The highest BCUT2D eigenvalue weighted by molar-refractivity contribution is 4.40. The number of hydrogen-bond acceptors (Lipinski definition) is 5. The van der Waals surface area contributed by atoms with E-state index in [-0.39, 0.29) is 12.5 Å². The van der Waals surface area contributed by atoms with Crippen molar-refractivity contribution >= 4 is 0 Å². The van der Waals surface area contributed by atoms with Gasteiger partial charge in [0.1, 0.15) is 6.23 Å². The van der Waals surface area contributed by atoms with Crippen molar-refractivity contribution < 1.29 is 18.9 Å². The van der Waals surface area contributed by atoms with Gasteiger partial charge in [-0.3, -0.25) is 0 Å². The van der Waals surface area contributed by atoms with E-state index in [2.05, 4.69) is 0 Å².